The molecule has 0 amide bonds. The molecule has 0 unspecified atom stereocenters. The van der Waals surface area contributed by atoms with Gasteiger partial charge < -0.3 is 0 Å². The molecule has 0 bridgehead atoms. The number of nitrogens with zero attached hydrogens (tertiary/aromatic N) is 1. The van der Waals surface area contributed by atoms with Crippen LogP contribution in [0.3, 0.4) is 0 Å². The fraction of sp³-hybridized carbons (Fsp3) is 1.00. The molecule has 0 radical (unpaired) electrons. The van der Waals surface area contributed by atoms with Crippen LogP contribution in [0.2, 0.25) is 0 Å². The molecule has 0 aromatic heterocycles. The van der Waals surface area contributed by atoms with Crippen molar-refractivity contribution in [1.82, 2.24) is 9.84 Å². The third-order valence-electron chi connectivity index (χ3n) is 0.642. The number of hydrogen-bond donors (Lipinski definition) is 1. The second-order valence-electron chi connectivity index (χ2n) is 1.13. The van der Waals surface area contributed by atoms with E-state index in [0.717, 1.165) is 4.41 Å². The van der Waals surface area contributed by atoms with Crippen LogP contribution in [0.25, 0.3) is 0 Å². The summed E-state index contributed by atoms with van der Waals surface area (Å²) in [6, 6.07) is 0. The maximum Gasteiger partial charge on any atom is 0.312 e. The first kappa shape index (κ1) is 8.16. The van der Waals surface area contributed by atoms with Gasteiger partial charge in [0, 0.05) is 17.7 Å². The Morgan fingerprint density at radius 3 is 2.00 bits per heavy atom. The monoisotopic (exact) mass is 158 g/mol. The minimum absolute atomic E-state index is 0.800. The highest BCUT2D eigenvalue weighted by atomic mass is 35.7. The minimum Gasteiger partial charge on any atom is -0.244 e. The zero-order valence-electron chi connectivity index (χ0n) is 4.55. The predicted octanol–water partition coefficient (Wildman–Crippen LogP) is -0.464. The number of halogens is 1. The van der Waals surface area contributed by atoms with Gasteiger partial charge in [0.05, 0.1) is 0 Å². The van der Waals surface area contributed by atoms with E-state index in [4.69, 9.17) is 10.7 Å². The Labute approximate surface area is 53.0 Å². The molecule has 0 aliphatic carbocycles. The molecule has 0 saturated carbocycles. The predicted molar refractivity (Wildman–Crippen MR) is 31.6 cm³/mol. The summed E-state index contributed by atoms with van der Waals surface area (Å²) in [5.74, 6) is 0. The highest BCUT2D eigenvalue weighted by Crippen LogP contribution is 1.96. The second-order valence-corrected chi connectivity index (χ2v) is 3.68. The molecule has 0 fully saturated rings. The highest BCUT2D eigenvalue weighted by molar-refractivity contribution is 8.11. The maximum atomic E-state index is 10.2. The molecule has 0 aliphatic heterocycles. The summed E-state index contributed by atoms with van der Waals surface area (Å²) in [6.45, 7) is 0. The molecular formula is C2H7ClN2O2S. The van der Waals surface area contributed by atoms with Crippen molar-refractivity contribution in [2.75, 3.05) is 14.1 Å². The fourth-order valence-electron chi connectivity index (χ4n) is 0.109. The van der Waals surface area contributed by atoms with Gasteiger partial charge >= 0.3 is 9.24 Å². The average molecular weight is 159 g/mol. The maximum absolute atomic E-state index is 10.2. The molecule has 0 rings (SSSR count). The molecule has 1 N–H and O–H groups in total. The lowest BCUT2D eigenvalue weighted by Gasteiger charge is -2.07. The Morgan fingerprint density at radius 2 is 2.00 bits per heavy atom. The van der Waals surface area contributed by atoms with Gasteiger partial charge in [-0.3, -0.25) is 0 Å². The summed E-state index contributed by atoms with van der Waals surface area (Å²) < 4.78 is 21.2. The van der Waals surface area contributed by atoms with E-state index < -0.39 is 9.24 Å². The van der Waals surface area contributed by atoms with Gasteiger partial charge in [0.1, 0.15) is 0 Å². The standard InChI is InChI=1S/C2H7ClN2O2S/c1-4-5(2)8(3,6)7/h4H,1-2H3. The van der Waals surface area contributed by atoms with Crippen LogP contribution < -0.4 is 5.43 Å². The first-order valence-electron chi connectivity index (χ1n) is 1.84. The van der Waals surface area contributed by atoms with Crippen molar-refractivity contribution in [1.29, 1.82) is 0 Å². The highest BCUT2D eigenvalue weighted by Gasteiger charge is 2.09. The lowest BCUT2D eigenvalue weighted by Crippen LogP contribution is -2.33. The van der Waals surface area contributed by atoms with E-state index >= 15 is 0 Å². The van der Waals surface area contributed by atoms with Crippen LogP contribution in [0, 0.1) is 0 Å². The molecule has 6 heteroatoms. The summed E-state index contributed by atoms with van der Waals surface area (Å²) in [5.41, 5.74) is 2.32. The summed E-state index contributed by atoms with van der Waals surface area (Å²) in [4.78, 5) is 0. The van der Waals surface area contributed by atoms with Gasteiger partial charge in [0.15, 0.2) is 0 Å². The molecule has 0 spiro atoms. The van der Waals surface area contributed by atoms with Crippen molar-refractivity contribution in [3.8, 4) is 0 Å². The van der Waals surface area contributed by atoms with Crippen LogP contribution in [0.5, 0.6) is 0 Å². The quantitative estimate of drug-likeness (QED) is 0.437. The van der Waals surface area contributed by atoms with Gasteiger partial charge in [-0.05, 0) is 7.05 Å². The Balaban J connectivity index is 4.04. The van der Waals surface area contributed by atoms with Crippen LogP contribution in [0.15, 0.2) is 0 Å². The van der Waals surface area contributed by atoms with Crippen molar-refractivity contribution in [3.63, 3.8) is 0 Å². The van der Waals surface area contributed by atoms with Crippen molar-refractivity contribution in [3.05, 3.63) is 0 Å². The SMILES string of the molecule is CNN(C)S(=O)(=O)Cl. The van der Waals surface area contributed by atoms with E-state index in [1.165, 1.54) is 14.1 Å². The van der Waals surface area contributed by atoms with E-state index in [9.17, 15) is 8.42 Å². The molecule has 0 saturated heterocycles. The number of nitrogens with one attached hydrogen (secondary N) is 1. The normalized spacial score (nSPS) is 12.5. The van der Waals surface area contributed by atoms with Crippen LogP contribution in [0.4, 0.5) is 0 Å². The van der Waals surface area contributed by atoms with E-state index in [-0.39, 0.29) is 0 Å². The molecule has 0 aromatic carbocycles. The molecule has 4 nitrogen and oxygen atoms in total. The summed E-state index contributed by atoms with van der Waals surface area (Å²) in [5, 5.41) is 0. The van der Waals surface area contributed by atoms with Gasteiger partial charge in [-0.15, -0.1) is 4.41 Å². The number of hydrazine groups is 1. The summed E-state index contributed by atoms with van der Waals surface area (Å²) >= 11 is 0. The van der Waals surface area contributed by atoms with E-state index in [1.807, 2.05) is 0 Å². The van der Waals surface area contributed by atoms with Gasteiger partial charge in [-0.25, -0.2) is 5.43 Å². The molecular weight excluding hydrogens is 152 g/mol. The van der Waals surface area contributed by atoms with E-state index in [0.29, 0.717) is 0 Å². The van der Waals surface area contributed by atoms with E-state index in [2.05, 4.69) is 5.43 Å². The van der Waals surface area contributed by atoms with Gasteiger partial charge in [0.2, 0.25) is 0 Å². The smallest absolute Gasteiger partial charge is 0.244 e. The van der Waals surface area contributed by atoms with Gasteiger partial charge in [-0.2, -0.15) is 8.42 Å². The van der Waals surface area contributed by atoms with Crippen molar-refractivity contribution < 1.29 is 8.42 Å². The van der Waals surface area contributed by atoms with Crippen LogP contribution in [-0.2, 0) is 9.24 Å². The Morgan fingerprint density at radius 1 is 1.62 bits per heavy atom. The molecule has 50 valence electrons. The zero-order chi connectivity index (χ0) is 6.78. The first-order valence-corrected chi connectivity index (χ1v) is 4.11. The van der Waals surface area contributed by atoms with Crippen LogP contribution >= 0.6 is 10.7 Å². The Kier molecular flexibility index (Phi) is 2.68. The lowest BCUT2D eigenvalue weighted by atomic mass is 11.4. The lowest BCUT2D eigenvalue weighted by molar-refractivity contribution is 0.414. The summed E-state index contributed by atoms with van der Waals surface area (Å²) in [6.07, 6.45) is 0. The number of rotatable bonds is 2. The fourth-order valence-corrected chi connectivity index (χ4v) is 0.534. The van der Waals surface area contributed by atoms with Crippen molar-refractivity contribution >= 4 is 19.9 Å². The van der Waals surface area contributed by atoms with Gasteiger partial charge in [-0.1, -0.05) is 0 Å². The van der Waals surface area contributed by atoms with Crippen LogP contribution in [-0.4, -0.2) is 26.9 Å². The molecule has 0 aliphatic rings. The first-order chi connectivity index (χ1) is 3.48. The van der Waals surface area contributed by atoms with Crippen molar-refractivity contribution in [2.24, 2.45) is 0 Å². The third kappa shape index (κ3) is 2.46. The molecule has 0 atom stereocenters. The molecule has 0 aromatic rings. The van der Waals surface area contributed by atoms with Crippen LogP contribution in [0.1, 0.15) is 0 Å². The van der Waals surface area contributed by atoms with Gasteiger partial charge in [0.25, 0.3) is 0 Å². The van der Waals surface area contributed by atoms with Crippen molar-refractivity contribution in [2.45, 2.75) is 0 Å². The third-order valence-corrected chi connectivity index (χ3v) is 2.10. The average Bonchev–Trinajstić information content (AvgIpc) is 1.62. The second kappa shape index (κ2) is 2.63. The van der Waals surface area contributed by atoms with E-state index in [1.54, 1.807) is 0 Å². The summed E-state index contributed by atoms with van der Waals surface area (Å²) in [7, 11) is 4.03. The Hall–Kier alpha value is 0.160. The number of hydrogen-bond acceptors (Lipinski definition) is 3. The largest absolute Gasteiger partial charge is 0.312 e. The molecule has 0 heterocycles. The zero-order valence-corrected chi connectivity index (χ0v) is 6.12. The Bertz CT molecular complexity index is 153. The minimum atomic E-state index is -3.56. The topological polar surface area (TPSA) is 49.4 Å². The molecule has 8 heavy (non-hydrogen) atoms.